The van der Waals surface area contributed by atoms with Gasteiger partial charge in [0.15, 0.2) is 0 Å². The number of phenolic OH excluding ortho intramolecular Hbond substituents is 2. The highest BCUT2D eigenvalue weighted by atomic mass is 79.9. The first kappa shape index (κ1) is 15.9. The molecule has 0 saturated heterocycles. The summed E-state index contributed by atoms with van der Waals surface area (Å²) in [5.41, 5.74) is 1.43. The Kier molecular flexibility index (Phi) is 4.06. The average molecular weight is 376 g/mol. The van der Waals surface area contributed by atoms with Crippen LogP contribution in [0.15, 0.2) is 46.9 Å². The summed E-state index contributed by atoms with van der Waals surface area (Å²) in [6.07, 6.45) is 2.06. The molecule has 0 bridgehead atoms. The standard InChI is InChI=1S/C18H18BrNO3/c1-11(18(6-7-18)13-2-4-14(19)5-3-13)20-17(23)12-8-15(21)10-16(22)9-12/h2-5,8-11,21-22H,6-7H2,1H3,(H,20,23). The Labute approximate surface area is 143 Å². The Hall–Kier alpha value is -2.01. The molecule has 120 valence electrons. The molecule has 1 unspecified atom stereocenters. The van der Waals surface area contributed by atoms with Crippen molar-refractivity contribution in [1.82, 2.24) is 5.32 Å². The molecule has 1 aliphatic rings. The summed E-state index contributed by atoms with van der Waals surface area (Å²) in [5.74, 6) is -0.555. The number of hydrogen-bond donors (Lipinski definition) is 3. The number of halogens is 1. The molecular formula is C18H18BrNO3. The summed E-state index contributed by atoms with van der Waals surface area (Å²) in [5, 5.41) is 22.0. The molecule has 2 aromatic carbocycles. The van der Waals surface area contributed by atoms with Crippen LogP contribution in [-0.4, -0.2) is 22.2 Å². The highest BCUT2D eigenvalue weighted by Crippen LogP contribution is 2.51. The van der Waals surface area contributed by atoms with Crippen molar-refractivity contribution < 1.29 is 15.0 Å². The first-order valence-electron chi connectivity index (χ1n) is 7.51. The first-order chi connectivity index (χ1) is 10.9. The first-order valence-corrected chi connectivity index (χ1v) is 8.30. The fraction of sp³-hybridized carbons (Fsp3) is 0.278. The summed E-state index contributed by atoms with van der Waals surface area (Å²) in [7, 11) is 0. The molecule has 3 N–H and O–H groups in total. The van der Waals surface area contributed by atoms with Crippen LogP contribution in [-0.2, 0) is 5.41 Å². The third-order valence-electron chi connectivity index (χ3n) is 4.55. The number of carbonyl (C=O) groups excluding carboxylic acids is 1. The van der Waals surface area contributed by atoms with Crippen LogP contribution in [0, 0.1) is 0 Å². The molecule has 1 saturated carbocycles. The quantitative estimate of drug-likeness (QED) is 0.762. The van der Waals surface area contributed by atoms with Crippen LogP contribution in [0.2, 0.25) is 0 Å². The Morgan fingerprint density at radius 1 is 1.13 bits per heavy atom. The van der Waals surface area contributed by atoms with Gasteiger partial charge in [-0.05, 0) is 49.6 Å². The van der Waals surface area contributed by atoms with Crippen molar-refractivity contribution in [1.29, 1.82) is 0 Å². The van der Waals surface area contributed by atoms with E-state index in [9.17, 15) is 15.0 Å². The van der Waals surface area contributed by atoms with Gasteiger partial charge in [-0.25, -0.2) is 0 Å². The van der Waals surface area contributed by atoms with Gasteiger partial charge in [0.1, 0.15) is 11.5 Å². The summed E-state index contributed by atoms with van der Waals surface area (Å²) < 4.78 is 1.03. The molecule has 2 aromatic rings. The Morgan fingerprint density at radius 2 is 1.70 bits per heavy atom. The maximum Gasteiger partial charge on any atom is 0.251 e. The van der Waals surface area contributed by atoms with Gasteiger partial charge >= 0.3 is 0 Å². The van der Waals surface area contributed by atoms with Crippen LogP contribution < -0.4 is 5.32 Å². The fourth-order valence-electron chi connectivity index (χ4n) is 3.03. The second-order valence-electron chi connectivity index (χ2n) is 6.10. The van der Waals surface area contributed by atoms with Crippen molar-refractivity contribution in [2.24, 2.45) is 0 Å². The van der Waals surface area contributed by atoms with Crippen molar-refractivity contribution in [3.8, 4) is 11.5 Å². The van der Waals surface area contributed by atoms with E-state index in [0.717, 1.165) is 17.3 Å². The van der Waals surface area contributed by atoms with Gasteiger partial charge in [0.25, 0.3) is 5.91 Å². The van der Waals surface area contributed by atoms with E-state index < -0.39 is 0 Å². The molecule has 0 radical (unpaired) electrons. The lowest BCUT2D eigenvalue weighted by molar-refractivity contribution is 0.0931. The van der Waals surface area contributed by atoms with Crippen LogP contribution in [0.3, 0.4) is 0 Å². The van der Waals surface area contributed by atoms with Gasteiger partial charge < -0.3 is 15.5 Å². The molecule has 23 heavy (non-hydrogen) atoms. The predicted octanol–water partition coefficient (Wildman–Crippen LogP) is 3.71. The van der Waals surface area contributed by atoms with Crippen molar-refractivity contribution in [3.63, 3.8) is 0 Å². The third kappa shape index (κ3) is 3.20. The molecule has 0 aromatic heterocycles. The zero-order chi connectivity index (χ0) is 16.6. The number of aromatic hydroxyl groups is 2. The zero-order valence-electron chi connectivity index (χ0n) is 12.7. The summed E-state index contributed by atoms with van der Waals surface area (Å²) in [6, 6.07) is 12.0. The SMILES string of the molecule is CC(NC(=O)c1cc(O)cc(O)c1)C1(c2ccc(Br)cc2)CC1. The van der Waals surface area contributed by atoms with Gasteiger partial charge in [-0.15, -0.1) is 0 Å². The van der Waals surface area contributed by atoms with E-state index >= 15 is 0 Å². The van der Waals surface area contributed by atoms with E-state index in [4.69, 9.17) is 0 Å². The molecule has 1 atom stereocenters. The second kappa shape index (κ2) is 5.89. The second-order valence-corrected chi connectivity index (χ2v) is 7.01. The van der Waals surface area contributed by atoms with E-state index in [0.29, 0.717) is 0 Å². The minimum atomic E-state index is -0.299. The number of nitrogens with one attached hydrogen (secondary N) is 1. The predicted molar refractivity (Wildman–Crippen MR) is 91.8 cm³/mol. The largest absolute Gasteiger partial charge is 0.508 e. The van der Waals surface area contributed by atoms with E-state index in [1.807, 2.05) is 19.1 Å². The number of benzene rings is 2. The van der Waals surface area contributed by atoms with Crippen LogP contribution in [0.1, 0.15) is 35.7 Å². The molecule has 4 nitrogen and oxygen atoms in total. The van der Waals surface area contributed by atoms with Crippen molar-refractivity contribution in [2.45, 2.75) is 31.2 Å². The summed E-state index contributed by atoms with van der Waals surface area (Å²) >= 11 is 3.44. The Bertz CT molecular complexity index is 718. The van der Waals surface area contributed by atoms with E-state index in [2.05, 4.69) is 33.4 Å². The number of carbonyl (C=O) groups is 1. The van der Waals surface area contributed by atoms with E-state index in [1.54, 1.807) is 0 Å². The van der Waals surface area contributed by atoms with Crippen LogP contribution in [0.5, 0.6) is 11.5 Å². The highest BCUT2D eigenvalue weighted by molar-refractivity contribution is 9.10. The van der Waals surface area contributed by atoms with Gasteiger partial charge in [-0.3, -0.25) is 4.79 Å². The minimum Gasteiger partial charge on any atom is -0.508 e. The lowest BCUT2D eigenvalue weighted by Gasteiger charge is -2.25. The van der Waals surface area contributed by atoms with Gasteiger partial charge in [-0.1, -0.05) is 28.1 Å². The molecule has 0 heterocycles. The highest BCUT2D eigenvalue weighted by Gasteiger charge is 2.49. The maximum absolute atomic E-state index is 12.4. The van der Waals surface area contributed by atoms with Crippen molar-refractivity contribution in [3.05, 3.63) is 58.1 Å². The molecular weight excluding hydrogens is 358 g/mol. The topological polar surface area (TPSA) is 69.6 Å². The Morgan fingerprint density at radius 3 is 2.22 bits per heavy atom. The normalized spacial score (nSPS) is 16.6. The van der Waals surface area contributed by atoms with Crippen LogP contribution >= 0.6 is 15.9 Å². The summed E-state index contributed by atoms with van der Waals surface area (Å²) in [6.45, 7) is 2.00. The summed E-state index contributed by atoms with van der Waals surface area (Å²) in [4.78, 5) is 12.4. The maximum atomic E-state index is 12.4. The smallest absolute Gasteiger partial charge is 0.251 e. The lowest BCUT2D eigenvalue weighted by Crippen LogP contribution is -2.41. The van der Waals surface area contributed by atoms with Gasteiger partial charge in [0.05, 0.1) is 0 Å². The molecule has 1 fully saturated rings. The monoisotopic (exact) mass is 375 g/mol. The van der Waals surface area contributed by atoms with Gasteiger partial charge in [0.2, 0.25) is 0 Å². The zero-order valence-corrected chi connectivity index (χ0v) is 14.3. The third-order valence-corrected chi connectivity index (χ3v) is 5.08. The number of phenols is 2. The van der Waals surface area contributed by atoms with Crippen LogP contribution in [0.25, 0.3) is 0 Å². The van der Waals surface area contributed by atoms with Crippen molar-refractivity contribution >= 4 is 21.8 Å². The molecule has 5 heteroatoms. The van der Waals surface area contributed by atoms with Crippen LogP contribution in [0.4, 0.5) is 0 Å². The number of amides is 1. The molecule has 1 amide bonds. The van der Waals surface area contributed by atoms with Crippen molar-refractivity contribution in [2.75, 3.05) is 0 Å². The molecule has 0 spiro atoms. The van der Waals surface area contributed by atoms with E-state index in [1.165, 1.54) is 23.8 Å². The van der Waals surface area contributed by atoms with Gasteiger partial charge in [-0.2, -0.15) is 0 Å². The lowest BCUT2D eigenvalue weighted by atomic mass is 9.89. The molecule has 0 aliphatic heterocycles. The molecule has 3 rings (SSSR count). The fourth-order valence-corrected chi connectivity index (χ4v) is 3.30. The number of hydrogen-bond acceptors (Lipinski definition) is 3. The number of rotatable bonds is 4. The van der Waals surface area contributed by atoms with Gasteiger partial charge in [0, 0.05) is 27.6 Å². The van der Waals surface area contributed by atoms with E-state index in [-0.39, 0.29) is 34.4 Å². The minimum absolute atomic E-state index is 0.0325. The average Bonchev–Trinajstić information content (AvgIpc) is 3.28. The Balaban J connectivity index is 1.77. The molecule has 1 aliphatic carbocycles.